The average molecular weight is 192 g/mol. The predicted octanol–water partition coefficient (Wildman–Crippen LogP) is 2.91. The quantitative estimate of drug-likeness (QED) is 0.529. The average Bonchev–Trinajstić information content (AvgIpc) is 2.62. The maximum atomic E-state index is 11.4. The molecule has 1 aromatic heterocycles. The summed E-state index contributed by atoms with van der Waals surface area (Å²) in [6, 6.07) is 3.90. The van der Waals surface area contributed by atoms with Crippen molar-refractivity contribution in [1.29, 1.82) is 0 Å². The van der Waals surface area contributed by atoms with Crippen LogP contribution in [0.4, 0.5) is 0 Å². The molecule has 1 heterocycles. The smallest absolute Gasteiger partial charge is 0.173 e. The van der Waals surface area contributed by atoms with Gasteiger partial charge in [-0.1, -0.05) is 6.92 Å². The lowest BCUT2D eigenvalue weighted by Gasteiger charge is -1.91. The largest absolute Gasteiger partial charge is 0.293 e. The normalized spacial score (nSPS) is 9.54. The number of aryl methyl sites for hydroxylation is 1. The van der Waals surface area contributed by atoms with E-state index in [4.69, 9.17) is 6.42 Å². The molecule has 0 aliphatic rings. The molecule has 0 N–H and O–H groups in total. The maximum absolute atomic E-state index is 11.4. The van der Waals surface area contributed by atoms with Crippen LogP contribution in [0.1, 0.15) is 34.3 Å². The highest BCUT2D eigenvalue weighted by Gasteiger charge is 2.07. The van der Waals surface area contributed by atoms with Crippen molar-refractivity contribution >= 4 is 17.1 Å². The molecule has 0 spiro atoms. The van der Waals surface area contributed by atoms with Crippen LogP contribution in [-0.2, 0) is 6.42 Å². The first kappa shape index (κ1) is 10.0. The van der Waals surface area contributed by atoms with Crippen LogP contribution in [0.5, 0.6) is 0 Å². The summed E-state index contributed by atoms with van der Waals surface area (Å²) in [5.74, 6) is 2.64. The van der Waals surface area contributed by atoms with Crippen molar-refractivity contribution in [3.63, 3.8) is 0 Å². The van der Waals surface area contributed by atoms with E-state index < -0.39 is 0 Å². The van der Waals surface area contributed by atoms with Crippen molar-refractivity contribution in [2.75, 3.05) is 0 Å². The molecular weight excluding hydrogens is 180 g/mol. The molecule has 1 aromatic rings. The Morgan fingerprint density at radius 2 is 2.38 bits per heavy atom. The molecule has 1 nitrogen and oxygen atoms in total. The molecule has 0 saturated heterocycles. The van der Waals surface area contributed by atoms with Gasteiger partial charge < -0.3 is 0 Å². The summed E-state index contributed by atoms with van der Waals surface area (Å²) in [7, 11) is 0. The number of hydrogen-bond acceptors (Lipinski definition) is 2. The molecule has 1 rings (SSSR count). The fourth-order valence-electron chi connectivity index (χ4n) is 1.03. The van der Waals surface area contributed by atoms with Gasteiger partial charge in [0.25, 0.3) is 0 Å². The lowest BCUT2D eigenvalue weighted by atomic mass is 10.2. The number of carbonyl (C=O) groups is 1. The number of ketones is 1. The van der Waals surface area contributed by atoms with Gasteiger partial charge >= 0.3 is 0 Å². The Morgan fingerprint density at radius 1 is 1.62 bits per heavy atom. The molecular formula is C11H12OS. The first-order valence-electron chi connectivity index (χ1n) is 4.33. The fraction of sp³-hybridized carbons (Fsp3) is 0.364. The van der Waals surface area contributed by atoms with Gasteiger partial charge in [-0.2, -0.15) is 0 Å². The SMILES string of the molecule is C#CCCC(=O)c1ccc(CC)s1. The minimum absolute atomic E-state index is 0.169. The van der Waals surface area contributed by atoms with E-state index in [2.05, 4.69) is 12.8 Å². The minimum atomic E-state index is 0.169. The zero-order valence-corrected chi connectivity index (χ0v) is 8.49. The Bertz CT molecular complexity index is 330. The topological polar surface area (TPSA) is 17.1 Å². The number of terminal acetylenes is 1. The minimum Gasteiger partial charge on any atom is -0.293 e. The highest BCUT2D eigenvalue weighted by Crippen LogP contribution is 2.18. The molecule has 0 aliphatic carbocycles. The molecule has 0 bridgehead atoms. The fourth-order valence-corrected chi connectivity index (χ4v) is 1.94. The standard InChI is InChI=1S/C11H12OS/c1-3-5-6-10(12)11-8-7-9(4-2)13-11/h1,7-8H,4-6H2,2H3. The van der Waals surface area contributed by atoms with E-state index in [9.17, 15) is 4.79 Å². The van der Waals surface area contributed by atoms with Crippen molar-refractivity contribution in [3.8, 4) is 12.3 Å². The molecule has 0 atom stereocenters. The Kier molecular flexibility index (Phi) is 3.72. The Labute approximate surface area is 82.8 Å². The van der Waals surface area contributed by atoms with Gasteiger partial charge in [0.05, 0.1) is 4.88 Å². The van der Waals surface area contributed by atoms with Crippen molar-refractivity contribution in [2.45, 2.75) is 26.2 Å². The number of Topliss-reactive ketones (excluding diaryl/α,β-unsaturated/α-hetero) is 1. The molecule has 0 aromatic carbocycles. The summed E-state index contributed by atoms with van der Waals surface area (Å²) in [6.07, 6.45) is 7.09. The second kappa shape index (κ2) is 4.84. The molecule has 0 amide bonds. The molecule has 0 saturated carbocycles. The van der Waals surface area contributed by atoms with E-state index in [0.29, 0.717) is 12.8 Å². The monoisotopic (exact) mass is 192 g/mol. The number of hydrogen-bond donors (Lipinski definition) is 0. The van der Waals surface area contributed by atoms with E-state index in [0.717, 1.165) is 11.3 Å². The highest BCUT2D eigenvalue weighted by atomic mass is 32.1. The van der Waals surface area contributed by atoms with Crippen molar-refractivity contribution < 1.29 is 4.79 Å². The molecule has 0 unspecified atom stereocenters. The third kappa shape index (κ3) is 2.71. The highest BCUT2D eigenvalue weighted by molar-refractivity contribution is 7.14. The molecule has 13 heavy (non-hydrogen) atoms. The van der Waals surface area contributed by atoms with Crippen LogP contribution in [0.3, 0.4) is 0 Å². The molecule has 0 fully saturated rings. The summed E-state index contributed by atoms with van der Waals surface area (Å²) in [6.45, 7) is 2.08. The van der Waals surface area contributed by atoms with Gasteiger partial charge in [-0.25, -0.2) is 0 Å². The Balaban J connectivity index is 2.62. The molecule has 68 valence electrons. The zero-order chi connectivity index (χ0) is 9.68. The summed E-state index contributed by atoms with van der Waals surface area (Å²) >= 11 is 1.57. The van der Waals surface area contributed by atoms with E-state index >= 15 is 0 Å². The number of rotatable bonds is 4. The van der Waals surface area contributed by atoms with E-state index in [1.807, 2.05) is 12.1 Å². The van der Waals surface area contributed by atoms with E-state index in [-0.39, 0.29) is 5.78 Å². The van der Waals surface area contributed by atoms with Crippen molar-refractivity contribution in [1.82, 2.24) is 0 Å². The Morgan fingerprint density at radius 3 is 2.92 bits per heavy atom. The van der Waals surface area contributed by atoms with Crippen molar-refractivity contribution in [2.24, 2.45) is 0 Å². The van der Waals surface area contributed by atoms with Gasteiger partial charge in [0.1, 0.15) is 0 Å². The van der Waals surface area contributed by atoms with Gasteiger partial charge in [0, 0.05) is 17.7 Å². The third-order valence-electron chi connectivity index (χ3n) is 1.78. The van der Waals surface area contributed by atoms with Gasteiger partial charge in [-0.05, 0) is 18.6 Å². The molecule has 2 heteroatoms. The van der Waals surface area contributed by atoms with Crippen LogP contribution < -0.4 is 0 Å². The van der Waals surface area contributed by atoms with Crippen LogP contribution in [-0.4, -0.2) is 5.78 Å². The lowest BCUT2D eigenvalue weighted by Crippen LogP contribution is -1.93. The van der Waals surface area contributed by atoms with Crippen LogP contribution in [0.25, 0.3) is 0 Å². The third-order valence-corrected chi connectivity index (χ3v) is 3.05. The first-order valence-corrected chi connectivity index (χ1v) is 5.15. The van der Waals surface area contributed by atoms with Gasteiger partial charge in [-0.15, -0.1) is 23.7 Å². The van der Waals surface area contributed by atoms with E-state index in [1.54, 1.807) is 11.3 Å². The summed E-state index contributed by atoms with van der Waals surface area (Å²) < 4.78 is 0. The summed E-state index contributed by atoms with van der Waals surface area (Å²) in [5.41, 5.74) is 0. The van der Waals surface area contributed by atoms with Crippen LogP contribution in [0, 0.1) is 12.3 Å². The van der Waals surface area contributed by atoms with Crippen LogP contribution >= 0.6 is 11.3 Å². The first-order chi connectivity index (χ1) is 6.27. The van der Waals surface area contributed by atoms with Crippen molar-refractivity contribution in [3.05, 3.63) is 21.9 Å². The maximum Gasteiger partial charge on any atom is 0.173 e. The molecule has 0 aliphatic heterocycles. The second-order valence-electron chi connectivity index (χ2n) is 2.75. The summed E-state index contributed by atoms with van der Waals surface area (Å²) in [4.78, 5) is 13.5. The van der Waals surface area contributed by atoms with Gasteiger partial charge in [-0.3, -0.25) is 4.79 Å². The van der Waals surface area contributed by atoms with Crippen LogP contribution in [0.2, 0.25) is 0 Å². The predicted molar refractivity (Wildman–Crippen MR) is 56.1 cm³/mol. The van der Waals surface area contributed by atoms with Gasteiger partial charge in [0.15, 0.2) is 5.78 Å². The number of carbonyl (C=O) groups excluding carboxylic acids is 1. The van der Waals surface area contributed by atoms with E-state index in [1.165, 1.54) is 4.88 Å². The molecule has 0 radical (unpaired) electrons. The Hall–Kier alpha value is -1.07. The zero-order valence-electron chi connectivity index (χ0n) is 7.67. The van der Waals surface area contributed by atoms with Gasteiger partial charge in [0.2, 0.25) is 0 Å². The van der Waals surface area contributed by atoms with Crippen LogP contribution in [0.15, 0.2) is 12.1 Å². The lowest BCUT2D eigenvalue weighted by molar-refractivity contribution is 0.0988. The summed E-state index contributed by atoms with van der Waals surface area (Å²) in [5, 5.41) is 0. The second-order valence-corrected chi connectivity index (χ2v) is 3.92. The number of thiophene rings is 1.